The lowest BCUT2D eigenvalue weighted by Crippen LogP contribution is -2.50. The Morgan fingerprint density at radius 2 is 1.86 bits per heavy atom. The molecule has 0 saturated carbocycles. The molecule has 2 aliphatic rings. The normalized spacial score (nSPS) is 18.5. The molecule has 7 nitrogen and oxygen atoms in total. The fraction of sp³-hybridized carbons (Fsp3) is 0.619. The summed E-state index contributed by atoms with van der Waals surface area (Å²) in [5, 5.41) is 5.54. The Kier molecular flexibility index (Phi) is 6.25. The number of hydrogen-bond donors (Lipinski definition) is 2. The number of benzene rings is 1. The van der Waals surface area contributed by atoms with Crippen LogP contribution in [-0.2, 0) is 20.7 Å². The predicted molar refractivity (Wildman–Crippen MR) is 109 cm³/mol. The van der Waals surface area contributed by atoms with Gasteiger partial charge in [-0.1, -0.05) is 12.1 Å². The molecule has 7 heteroatoms. The van der Waals surface area contributed by atoms with Crippen LogP contribution in [0.3, 0.4) is 0 Å². The maximum Gasteiger partial charge on any atom is 0.309 e. The van der Waals surface area contributed by atoms with E-state index in [0.717, 1.165) is 26.1 Å². The van der Waals surface area contributed by atoms with Gasteiger partial charge in [-0.3, -0.25) is 14.5 Å². The van der Waals surface area contributed by atoms with Crippen molar-refractivity contribution in [3.63, 3.8) is 0 Å². The van der Waals surface area contributed by atoms with E-state index in [-0.39, 0.29) is 6.04 Å². The number of amides is 2. The molecule has 28 heavy (non-hydrogen) atoms. The summed E-state index contributed by atoms with van der Waals surface area (Å²) in [5.74, 6) is -1.18. The Hall–Kier alpha value is -2.12. The van der Waals surface area contributed by atoms with Gasteiger partial charge in [-0.25, -0.2) is 0 Å². The molecule has 154 valence electrons. The third-order valence-electron chi connectivity index (χ3n) is 5.25. The molecule has 1 aromatic rings. The van der Waals surface area contributed by atoms with Crippen LogP contribution in [-0.4, -0.2) is 68.7 Å². The van der Waals surface area contributed by atoms with Crippen LogP contribution in [0.1, 0.15) is 37.9 Å². The number of rotatable bonds is 4. The Morgan fingerprint density at radius 1 is 1.14 bits per heavy atom. The van der Waals surface area contributed by atoms with Crippen LogP contribution in [0.4, 0.5) is 5.69 Å². The molecule has 1 saturated heterocycles. The predicted octanol–water partition coefficient (Wildman–Crippen LogP) is 1.08. The third kappa shape index (κ3) is 5.02. The zero-order chi connectivity index (χ0) is 20.3. The van der Waals surface area contributed by atoms with Gasteiger partial charge in [0.05, 0.1) is 19.3 Å². The van der Waals surface area contributed by atoms with Gasteiger partial charge >= 0.3 is 11.8 Å². The first-order chi connectivity index (χ1) is 13.2. The zero-order valence-electron chi connectivity index (χ0n) is 17.4. The number of fused-ring (bicyclic) bond motifs is 1. The summed E-state index contributed by atoms with van der Waals surface area (Å²) in [6.45, 7) is 9.99. The number of ether oxygens (including phenoxy) is 1. The highest BCUT2D eigenvalue weighted by molar-refractivity contribution is 6.35. The molecule has 0 aromatic heterocycles. The van der Waals surface area contributed by atoms with Crippen molar-refractivity contribution in [3.8, 4) is 0 Å². The maximum absolute atomic E-state index is 12.3. The minimum absolute atomic E-state index is 0.0199. The zero-order valence-corrected chi connectivity index (χ0v) is 17.4. The largest absolute Gasteiger partial charge is 0.379 e. The van der Waals surface area contributed by atoms with Crippen molar-refractivity contribution in [2.24, 2.45) is 0 Å². The van der Waals surface area contributed by atoms with E-state index >= 15 is 0 Å². The molecule has 1 aromatic carbocycles. The number of anilines is 1. The van der Waals surface area contributed by atoms with Gasteiger partial charge in [-0.15, -0.1) is 0 Å². The quantitative estimate of drug-likeness (QED) is 0.756. The van der Waals surface area contributed by atoms with Crippen molar-refractivity contribution in [1.29, 1.82) is 0 Å². The molecule has 3 rings (SSSR count). The van der Waals surface area contributed by atoms with Crippen LogP contribution >= 0.6 is 0 Å². The Balaban J connectivity index is 1.73. The van der Waals surface area contributed by atoms with E-state index in [0.29, 0.717) is 19.8 Å². The van der Waals surface area contributed by atoms with Gasteiger partial charge in [-0.05, 0) is 44.4 Å². The van der Waals surface area contributed by atoms with Crippen LogP contribution in [0.25, 0.3) is 0 Å². The topological polar surface area (TPSA) is 73.9 Å². The summed E-state index contributed by atoms with van der Waals surface area (Å²) in [7, 11) is 2.11. The lowest BCUT2D eigenvalue weighted by molar-refractivity contribution is -0.140. The Bertz CT molecular complexity index is 723. The van der Waals surface area contributed by atoms with Gasteiger partial charge < -0.3 is 20.3 Å². The molecule has 2 aliphatic heterocycles. The van der Waals surface area contributed by atoms with Crippen LogP contribution in [0.5, 0.6) is 0 Å². The Labute approximate surface area is 167 Å². The van der Waals surface area contributed by atoms with E-state index in [1.807, 2.05) is 20.8 Å². The maximum atomic E-state index is 12.3. The summed E-state index contributed by atoms with van der Waals surface area (Å²) in [6.07, 6.45) is 1.04. The van der Waals surface area contributed by atoms with Gasteiger partial charge in [0.1, 0.15) is 0 Å². The number of carbonyl (C=O) groups excluding carboxylic acids is 2. The molecule has 0 bridgehead atoms. The second kappa shape index (κ2) is 8.49. The Morgan fingerprint density at radius 3 is 2.54 bits per heavy atom. The monoisotopic (exact) mass is 388 g/mol. The van der Waals surface area contributed by atoms with Crippen molar-refractivity contribution in [2.75, 3.05) is 51.3 Å². The number of carbonyl (C=O) groups is 2. The summed E-state index contributed by atoms with van der Waals surface area (Å²) >= 11 is 0. The lowest BCUT2D eigenvalue weighted by Gasteiger charge is -2.35. The molecular weight excluding hydrogens is 356 g/mol. The van der Waals surface area contributed by atoms with E-state index in [1.165, 1.54) is 16.8 Å². The average molecular weight is 389 g/mol. The summed E-state index contributed by atoms with van der Waals surface area (Å²) in [4.78, 5) is 29.0. The molecule has 2 amide bonds. The number of nitrogens with one attached hydrogen (secondary N) is 2. The smallest absolute Gasteiger partial charge is 0.309 e. The molecule has 0 radical (unpaired) electrons. The van der Waals surface area contributed by atoms with Crippen LogP contribution < -0.4 is 15.5 Å². The van der Waals surface area contributed by atoms with Gasteiger partial charge in [0.2, 0.25) is 0 Å². The SMILES string of the molecule is CN1CCc2cc([C@@H](CNC(=O)C(=O)NC(C)(C)C)N3CCOCC3)ccc21. The number of morpholine rings is 1. The van der Waals surface area contributed by atoms with E-state index in [2.05, 4.69) is 45.7 Å². The highest BCUT2D eigenvalue weighted by Gasteiger charge is 2.27. The fourth-order valence-corrected chi connectivity index (χ4v) is 3.81. The van der Waals surface area contributed by atoms with Gasteiger partial charge in [0.15, 0.2) is 0 Å². The molecule has 2 heterocycles. The summed E-state index contributed by atoms with van der Waals surface area (Å²) in [6, 6.07) is 6.58. The summed E-state index contributed by atoms with van der Waals surface area (Å²) < 4.78 is 5.49. The number of likely N-dealkylation sites (N-methyl/N-ethyl adjacent to an activating group) is 1. The van der Waals surface area contributed by atoms with E-state index in [1.54, 1.807) is 0 Å². The fourth-order valence-electron chi connectivity index (χ4n) is 3.81. The highest BCUT2D eigenvalue weighted by atomic mass is 16.5. The minimum Gasteiger partial charge on any atom is -0.379 e. The third-order valence-corrected chi connectivity index (χ3v) is 5.25. The first kappa shape index (κ1) is 20.6. The highest BCUT2D eigenvalue weighted by Crippen LogP contribution is 2.31. The van der Waals surface area contributed by atoms with Crippen LogP contribution in [0, 0.1) is 0 Å². The first-order valence-electron chi connectivity index (χ1n) is 10.0. The first-order valence-corrected chi connectivity index (χ1v) is 10.0. The van der Waals surface area contributed by atoms with Crippen molar-refractivity contribution >= 4 is 17.5 Å². The van der Waals surface area contributed by atoms with E-state index < -0.39 is 17.4 Å². The molecule has 1 fully saturated rings. The molecular formula is C21H32N4O3. The molecule has 0 aliphatic carbocycles. The van der Waals surface area contributed by atoms with Crippen molar-refractivity contribution in [3.05, 3.63) is 29.3 Å². The molecule has 0 unspecified atom stereocenters. The van der Waals surface area contributed by atoms with Crippen molar-refractivity contribution in [2.45, 2.75) is 38.8 Å². The molecule has 2 N–H and O–H groups in total. The van der Waals surface area contributed by atoms with Gasteiger partial charge in [0, 0.05) is 44.5 Å². The van der Waals surface area contributed by atoms with Gasteiger partial charge in [-0.2, -0.15) is 0 Å². The van der Waals surface area contributed by atoms with Crippen LogP contribution in [0.15, 0.2) is 18.2 Å². The second-order valence-corrected chi connectivity index (χ2v) is 8.64. The van der Waals surface area contributed by atoms with Crippen molar-refractivity contribution < 1.29 is 14.3 Å². The number of nitrogens with zero attached hydrogens (tertiary/aromatic N) is 2. The second-order valence-electron chi connectivity index (χ2n) is 8.64. The standard InChI is InChI=1S/C21H32N4O3/c1-21(2,3)23-20(27)19(26)22-14-18(25-9-11-28-12-10-25)15-5-6-17-16(13-15)7-8-24(17)4/h5-6,13,18H,7-12,14H2,1-4H3,(H,22,26)(H,23,27)/t18-/m1/s1. The lowest BCUT2D eigenvalue weighted by atomic mass is 10.0. The van der Waals surface area contributed by atoms with E-state index in [4.69, 9.17) is 4.74 Å². The average Bonchev–Trinajstić information content (AvgIpc) is 3.02. The van der Waals surface area contributed by atoms with Crippen LogP contribution in [0.2, 0.25) is 0 Å². The number of hydrogen-bond acceptors (Lipinski definition) is 5. The molecule has 0 spiro atoms. The summed E-state index contributed by atoms with van der Waals surface area (Å²) in [5.41, 5.74) is 3.35. The minimum atomic E-state index is -0.594. The van der Waals surface area contributed by atoms with Gasteiger partial charge in [0.25, 0.3) is 0 Å². The van der Waals surface area contributed by atoms with E-state index in [9.17, 15) is 9.59 Å². The van der Waals surface area contributed by atoms with Crippen molar-refractivity contribution in [1.82, 2.24) is 15.5 Å². The molecule has 1 atom stereocenters.